The fraction of sp³-hybridized carbons (Fsp3) is 0.571. The van der Waals surface area contributed by atoms with Crippen LogP contribution in [0.3, 0.4) is 0 Å². The second-order valence-corrected chi connectivity index (χ2v) is 4.83. The molecule has 102 valence electrons. The van der Waals surface area contributed by atoms with Crippen molar-refractivity contribution in [3.63, 3.8) is 0 Å². The van der Waals surface area contributed by atoms with Crippen LogP contribution < -0.4 is 5.32 Å². The van der Waals surface area contributed by atoms with E-state index in [9.17, 15) is 9.50 Å². The summed E-state index contributed by atoms with van der Waals surface area (Å²) in [6, 6.07) is 6.44. The van der Waals surface area contributed by atoms with Gasteiger partial charge in [0.25, 0.3) is 0 Å². The van der Waals surface area contributed by atoms with Crippen LogP contribution in [0.15, 0.2) is 24.3 Å². The number of hydrogen-bond donors (Lipinski definition) is 2. The highest BCUT2D eigenvalue weighted by Gasteiger charge is 2.29. The Morgan fingerprint density at radius 1 is 1.39 bits per heavy atom. The number of likely N-dealkylation sites (N-methyl/N-ethyl adjacent to an activating group) is 1. The molecule has 0 aliphatic heterocycles. The van der Waals surface area contributed by atoms with Gasteiger partial charge in [-0.3, -0.25) is 0 Å². The van der Waals surface area contributed by atoms with Gasteiger partial charge in [0, 0.05) is 13.1 Å². The molecule has 0 saturated carbocycles. The summed E-state index contributed by atoms with van der Waals surface area (Å²) >= 11 is 0. The first kappa shape index (κ1) is 15.1. The number of nitrogens with zero attached hydrogens (tertiary/aromatic N) is 1. The van der Waals surface area contributed by atoms with Crippen LogP contribution >= 0.6 is 0 Å². The van der Waals surface area contributed by atoms with Crippen molar-refractivity contribution >= 4 is 0 Å². The summed E-state index contributed by atoms with van der Waals surface area (Å²) in [5, 5.41) is 13.0. The van der Waals surface area contributed by atoms with Gasteiger partial charge in [-0.1, -0.05) is 19.1 Å². The van der Waals surface area contributed by atoms with E-state index in [0.717, 1.165) is 18.7 Å². The van der Waals surface area contributed by atoms with Crippen LogP contribution in [0.25, 0.3) is 0 Å². The number of rotatable bonds is 7. The molecule has 0 heterocycles. The van der Waals surface area contributed by atoms with Gasteiger partial charge in [0.05, 0.1) is 12.1 Å². The third-order valence-corrected chi connectivity index (χ3v) is 3.27. The summed E-state index contributed by atoms with van der Waals surface area (Å²) in [7, 11) is 3.99. The van der Waals surface area contributed by atoms with Crippen molar-refractivity contribution in [2.45, 2.75) is 18.9 Å². The van der Waals surface area contributed by atoms with Crippen LogP contribution in [0.1, 0.15) is 18.9 Å². The van der Waals surface area contributed by atoms with Gasteiger partial charge >= 0.3 is 0 Å². The van der Waals surface area contributed by atoms with Crippen LogP contribution in [0.5, 0.6) is 0 Å². The number of halogens is 1. The molecule has 2 N–H and O–H groups in total. The Bertz CT molecular complexity index is 365. The predicted molar refractivity (Wildman–Crippen MR) is 72.0 cm³/mol. The molecule has 0 spiro atoms. The van der Waals surface area contributed by atoms with Crippen molar-refractivity contribution < 1.29 is 9.50 Å². The lowest BCUT2D eigenvalue weighted by molar-refractivity contribution is 0.152. The molecule has 0 saturated heterocycles. The summed E-state index contributed by atoms with van der Waals surface area (Å²) < 4.78 is 13.3. The highest BCUT2D eigenvalue weighted by Crippen LogP contribution is 2.25. The summed E-state index contributed by atoms with van der Waals surface area (Å²) in [5.41, 5.74) is 0.240. The summed E-state index contributed by atoms with van der Waals surface area (Å²) in [6.07, 6.45) is 0.709. The zero-order chi connectivity index (χ0) is 13.6. The SMILES string of the molecule is CCC(CO)(NCCN(C)C)c1cccc(F)c1. The second kappa shape index (κ2) is 6.83. The van der Waals surface area contributed by atoms with E-state index in [1.165, 1.54) is 12.1 Å². The lowest BCUT2D eigenvalue weighted by Crippen LogP contribution is -2.47. The largest absolute Gasteiger partial charge is 0.394 e. The topological polar surface area (TPSA) is 35.5 Å². The van der Waals surface area contributed by atoms with E-state index in [2.05, 4.69) is 10.2 Å². The van der Waals surface area contributed by atoms with Gasteiger partial charge in [-0.25, -0.2) is 4.39 Å². The van der Waals surface area contributed by atoms with Gasteiger partial charge < -0.3 is 15.3 Å². The third-order valence-electron chi connectivity index (χ3n) is 3.27. The highest BCUT2D eigenvalue weighted by atomic mass is 19.1. The molecular weight excluding hydrogens is 231 g/mol. The van der Waals surface area contributed by atoms with Crippen molar-refractivity contribution in [1.29, 1.82) is 0 Å². The van der Waals surface area contributed by atoms with E-state index in [1.54, 1.807) is 6.07 Å². The smallest absolute Gasteiger partial charge is 0.123 e. The number of nitrogens with one attached hydrogen (secondary N) is 1. The maximum Gasteiger partial charge on any atom is 0.123 e. The first-order valence-electron chi connectivity index (χ1n) is 6.30. The average Bonchev–Trinajstić information content (AvgIpc) is 2.35. The van der Waals surface area contributed by atoms with Gasteiger partial charge in [0.2, 0.25) is 0 Å². The van der Waals surface area contributed by atoms with E-state index in [0.29, 0.717) is 6.42 Å². The number of benzene rings is 1. The molecule has 1 unspecified atom stereocenters. The standard InChI is InChI=1S/C14H23FN2O/c1-4-14(11-18,16-8-9-17(2)3)12-6-5-7-13(15)10-12/h5-7,10,16,18H,4,8-9,11H2,1-3H3. The minimum Gasteiger partial charge on any atom is -0.394 e. The molecule has 0 bridgehead atoms. The van der Waals surface area contributed by atoms with Crippen LogP contribution in [-0.2, 0) is 5.54 Å². The van der Waals surface area contributed by atoms with Crippen molar-refractivity contribution in [3.05, 3.63) is 35.6 Å². The van der Waals surface area contributed by atoms with E-state index in [4.69, 9.17) is 0 Å². The molecule has 0 amide bonds. The summed E-state index contributed by atoms with van der Waals surface area (Å²) in [5.74, 6) is -0.270. The molecule has 18 heavy (non-hydrogen) atoms. The molecule has 0 aliphatic rings. The van der Waals surface area contributed by atoms with E-state index in [1.807, 2.05) is 27.1 Å². The van der Waals surface area contributed by atoms with E-state index < -0.39 is 5.54 Å². The van der Waals surface area contributed by atoms with E-state index >= 15 is 0 Å². The van der Waals surface area contributed by atoms with Crippen molar-refractivity contribution in [2.24, 2.45) is 0 Å². The van der Waals surface area contributed by atoms with Gasteiger partial charge in [-0.15, -0.1) is 0 Å². The maximum atomic E-state index is 13.3. The van der Waals surface area contributed by atoms with Gasteiger partial charge in [0.15, 0.2) is 0 Å². The van der Waals surface area contributed by atoms with Crippen molar-refractivity contribution in [3.8, 4) is 0 Å². The van der Waals surface area contributed by atoms with E-state index in [-0.39, 0.29) is 12.4 Å². The second-order valence-electron chi connectivity index (χ2n) is 4.83. The zero-order valence-electron chi connectivity index (χ0n) is 11.4. The van der Waals surface area contributed by atoms with Crippen LogP contribution in [0.4, 0.5) is 4.39 Å². The number of hydrogen-bond acceptors (Lipinski definition) is 3. The van der Waals surface area contributed by atoms with Crippen molar-refractivity contribution in [1.82, 2.24) is 10.2 Å². The Morgan fingerprint density at radius 2 is 2.11 bits per heavy atom. The molecule has 3 nitrogen and oxygen atoms in total. The monoisotopic (exact) mass is 254 g/mol. The number of aliphatic hydroxyl groups is 1. The molecule has 1 aromatic carbocycles. The normalized spacial score (nSPS) is 14.8. The fourth-order valence-corrected chi connectivity index (χ4v) is 2.00. The highest BCUT2D eigenvalue weighted by molar-refractivity contribution is 5.25. The van der Waals surface area contributed by atoms with Crippen LogP contribution in [0.2, 0.25) is 0 Å². The molecule has 0 fully saturated rings. The molecule has 0 aliphatic carbocycles. The lowest BCUT2D eigenvalue weighted by atomic mass is 9.88. The maximum absolute atomic E-state index is 13.3. The molecule has 0 radical (unpaired) electrons. The Balaban J connectivity index is 2.85. The number of aliphatic hydroxyl groups excluding tert-OH is 1. The Hall–Kier alpha value is -0.970. The average molecular weight is 254 g/mol. The zero-order valence-corrected chi connectivity index (χ0v) is 11.4. The molecule has 0 aromatic heterocycles. The quantitative estimate of drug-likeness (QED) is 0.775. The Kier molecular flexibility index (Phi) is 5.72. The lowest BCUT2D eigenvalue weighted by Gasteiger charge is -2.33. The van der Waals surface area contributed by atoms with Gasteiger partial charge in [-0.05, 0) is 38.2 Å². The predicted octanol–water partition coefficient (Wildman–Crippen LogP) is 1.57. The first-order valence-corrected chi connectivity index (χ1v) is 6.30. The van der Waals surface area contributed by atoms with Crippen LogP contribution in [0, 0.1) is 5.82 Å². The molecule has 4 heteroatoms. The van der Waals surface area contributed by atoms with Crippen LogP contribution in [-0.4, -0.2) is 43.8 Å². The Morgan fingerprint density at radius 3 is 2.61 bits per heavy atom. The molecule has 1 aromatic rings. The molecular formula is C14H23FN2O. The third kappa shape index (κ3) is 3.77. The van der Waals surface area contributed by atoms with Crippen molar-refractivity contribution in [2.75, 3.05) is 33.8 Å². The first-order chi connectivity index (χ1) is 8.54. The molecule has 1 atom stereocenters. The fourth-order valence-electron chi connectivity index (χ4n) is 2.00. The minimum absolute atomic E-state index is 0.0413. The van der Waals surface area contributed by atoms with Gasteiger partial charge in [0.1, 0.15) is 5.82 Å². The Labute approximate surface area is 109 Å². The minimum atomic E-state index is -0.557. The molecule has 1 rings (SSSR count). The summed E-state index contributed by atoms with van der Waals surface area (Å²) in [6.45, 7) is 3.57. The summed E-state index contributed by atoms with van der Waals surface area (Å²) in [4.78, 5) is 2.07. The van der Waals surface area contributed by atoms with Gasteiger partial charge in [-0.2, -0.15) is 0 Å².